The second kappa shape index (κ2) is 6.02. The SMILES string of the molecule is CC(C)Cc1ccc(C2=CCCNCC2)cc1. The minimum atomic E-state index is 0.738. The van der Waals surface area contributed by atoms with Crippen molar-refractivity contribution in [2.45, 2.75) is 33.1 Å². The van der Waals surface area contributed by atoms with E-state index < -0.39 is 0 Å². The van der Waals surface area contributed by atoms with Crippen molar-refractivity contribution < 1.29 is 0 Å². The summed E-state index contributed by atoms with van der Waals surface area (Å²) in [4.78, 5) is 0. The standard InChI is InChI=1S/C16H23N/c1-13(2)12-14-5-7-16(8-6-14)15-4-3-10-17-11-9-15/h4-8,13,17H,3,9-12H2,1-2H3. The van der Waals surface area contributed by atoms with Crippen molar-refractivity contribution in [2.75, 3.05) is 13.1 Å². The van der Waals surface area contributed by atoms with Crippen molar-refractivity contribution in [3.05, 3.63) is 41.5 Å². The lowest BCUT2D eigenvalue weighted by atomic mass is 9.97. The van der Waals surface area contributed by atoms with Crippen molar-refractivity contribution in [2.24, 2.45) is 5.92 Å². The molecule has 92 valence electrons. The molecule has 0 saturated carbocycles. The molecule has 1 N–H and O–H groups in total. The van der Waals surface area contributed by atoms with Gasteiger partial charge in [0.05, 0.1) is 0 Å². The molecule has 1 aliphatic rings. The molecule has 0 fully saturated rings. The summed E-state index contributed by atoms with van der Waals surface area (Å²) in [6.45, 7) is 6.77. The molecule has 0 radical (unpaired) electrons. The third kappa shape index (κ3) is 3.71. The van der Waals surface area contributed by atoms with Gasteiger partial charge in [-0.2, -0.15) is 0 Å². The molecule has 1 aromatic rings. The highest BCUT2D eigenvalue weighted by Gasteiger charge is 2.05. The van der Waals surface area contributed by atoms with Gasteiger partial charge in [-0.05, 0) is 55.0 Å². The number of benzene rings is 1. The van der Waals surface area contributed by atoms with Crippen molar-refractivity contribution in [1.82, 2.24) is 5.32 Å². The smallest absolute Gasteiger partial charge is 0.000812 e. The van der Waals surface area contributed by atoms with Crippen LogP contribution in [0.5, 0.6) is 0 Å². The lowest BCUT2D eigenvalue weighted by Crippen LogP contribution is -2.13. The van der Waals surface area contributed by atoms with Crippen LogP contribution in [0.3, 0.4) is 0 Å². The highest BCUT2D eigenvalue weighted by atomic mass is 14.8. The monoisotopic (exact) mass is 229 g/mol. The maximum atomic E-state index is 3.43. The predicted octanol–water partition coefficient (Wildman–Crippen LogP) is 3.65. The van der Waals surface area contributed by atoms with Crippen LogP contribution in [0.1, 0.15) is 37.8 Å². The van der Waals surface area contributed by atoms with Gasteiger partial charge in [0, 0.05) is 0 Å². The molecule has 1 aliphatic heterocycles. The van der Waals surface area contributed by atoms with E-state index in [1.807, 2.05) is 0 Å². The fraction of sp³-hybridized carbons (Fsp3) is 0.500. The first-order valence-electron chi connectivity index (χ1n) is 6.75. The van der Waals surface area contributed by atoms with Gasteiger partial charge in [0.2, 0.25) is 0 Å². The summed E-state index contributed by atoms with van der Waals surface area (Å²) < 4.78 is 0. The molecule has 2 rings (SSSR count). The Morgan fingerprint density at radius 3 is 2.59 bits per heavy atom. The first-order chi connectivity index (χ1) is 8.25. The molecular weight excluding hydrogens is 206 g/mol. The zero-order valence-corrected chi connectivity index (χ0v) is 11.0. The second-order valence-electron chi connectivity index (χ2n) is 5.31. The van der Waals surface area contributed by atoms with Crippen LogP contribution >= 0.6 is 0 Å². The molecule has 0 bridgehead atoms. The maximum absolute atomic E-state index is 3.43. The van der Waals surface area contributed by atoms with Crippen molar-refractivity contribution in [1.29, 1.82) is 0 Å². The lowest BCUT2D eigenvalue weighted by Gasteiger charge is -2.08. The van der Waals surface area contributed by atoms with Gasteiger partial charge in [-0.1, -0.05) is 44.2 Å². The molecular formula is C16H23N. The van der Waals surface area contributed by atoms with E-state index in [9.17, 15) is 0 Å². The summed E-state index contributed by atoms with van der Waals surface area (Å²) in [6, 6.07) is 9.15. The summed E-state index contributed by atoms with van der Waals surface area (Å²) in [7, 11) is 0. The fourth-order valence-electron chi connectivity index (χ4n) is 2.39. The van der Waals surface area contributed by atoms with E-state index in [1.54, 1.807) is 0 Å². The van der Waals surface area contributed by atoms with Gasteiger partial charge in [0.15, 0.2) is 0 Å². The Labute approximate surface area is 105 Å². The van der Waals surface area contributed by atoms with Crippen molar-refractivity contribution >= 4 is 5.57 Å². The number of rotatable bonds is 3. The Morgan fingerprint density at radius 2 is 1.88 bits per heavy atom. The van der Waals surface area contributed by atoms with Crippen LogP contribution in [-0.4, -0.2) is 13.1 Å². The van der Waals surface area contributed by atoms with Gasteiger partial charge < -0.3 is 5.32 Å². The number of hydrogen-bond acceptors (Lipinski definition) is 1. The molecule has 1 nitrogen and oxygen atoms in total. The van der Waals surface area contributed by atoms with Gasteiger partial charge in [-0.15, -0.1) is 0 Å². The number of hydrogen-bond donors (Lipinski definition) is 1. The quantitative estimate of drug-likeness (QED) is 0.834. The van der Waals surface area contributed by atoms with Gasteiger partial charge in [-0.3, -0.25) is 0 Å². The zero-order valence-electron chi connectivity index (χ0n) is 11.0. The van der Waals surface area contributed by atoms with E-state index in [2.05, 4.69) is 49.5 Å². The second-order valence-corrected chi connectivity index (χ2v) is 5.31. The Bertz CT molecular complexity index is 373. The van der Waals surface area contributed by atoms with Gasteiger partial charge >= 0.3 is 0 Å². The van der Waals surface area contributed by atoms with Gasteiger partial charge in [0.1, 0.15) is 0 Å². The summed E-state index contributed by atoms with van der Waals surface area (Å²) in [5, 5.41) is 3.43. The van der Waals surface area contributed by atoms with Crippen LogP contribution in [0.4, 0.5) is 0 Å². The first-order valence-corrected chi connectivity index (χ1v) is 6.75. The van der Waals surface area contributed by atoms with Crippen molar-refractivity contribution in [3.8, 4) is 0 Å². The van der Waals surface area contributed by atoms with Crippen LogP contribution in [0.25, 0.3) is 5.57 Å². The highest BCUT2D eigenvalue weighted by molar-refractivity contribution is 5.66. The Hall–Kier alpha value is -1.08. The highest BCUT2D eigenvalue weighted by Crippen LogP contribution is 2.21. The Morgan fingerprint density at radius 1 is 1.12 bits per heavy atom. The Kier molecular flexibility index (Phi) is 4.38. The topological polar surface area (TPSA) is 12.0 Å². The van der Waals surface area contributed by atoms with Gasteiger partial charge in [-0.25, -0.2) is 0 Å². The number of nitrogens with one attached hydrogen (secondary N) is 1. The van der Waals surface area contributed by atoms with Crippen LogP contribution in [0.15, 0.2) is 30.3 Å². The molecule has 1 heteroatoms. The average Bonchev–Trinajstić information content (AvgIpc) is 2.58. The summed E-state index contributed by atoms with van der Waals surface area (Å²) in [5.74, 6) is 0.738. The molecule has 0 aromatic heterocycles. The molecule has 1 heterocycles. The van der Waals surface area contributed by atoms with Crippen LogP contribution in [0, 0.1) is 5.92 Å². The predicted molar refractivity (Wildman–Crippen MR) is 75.1 cm³/mol. The minimum absolute atomic E-state index is 0.738. The fourth-order valence-corrected chi connectivity index (χ4v) is 2.39. The zero-order chi connectivity index (χ0) is 12.1. The molecule has 0 atom stereocenters. The Balaban J connectivity index is 2.08. The molecule has 0 saturated heterocycles. The van der Waals surface area contributed by atoms with E-state index in [4.69, 9.17) is 0 Å². The summed E-state index contributed by atoms with van der Waals surface area (Å²) in [5.41, 5.74) is 4.36. The van der Waals surface area contributed by atoms with Crippen LogP contribution in [0.2, 0.25) is 0 Å². The molecule has 0 spiro atoms. The third-order valence-corrected chi connectivity index (χ3v) is 3.25. The summed E-state index contributed by atoms with van der Waals surface area (Å²) in [6.07, 6.45) is 5.88. The van der Waals surface area contributed by atoms with Crippen LogP contribution in [-0.2, 0) is 6.42 Å². The van der Waals surface area contributed by atoms with Crippen LogP contribution < -0.4 is 5.32 Å². The van der Waals surface area contributed by atoms with Crippen molar-refractivity contribution in [3.63, 3.8) is 0 Å². The third-order valence-electron chi connectivity index (χ3n) is 3.25. The largest absolute Gasteiger partial charge is 0.316 e. The molecule has 0 unspecified atom stereocenters. The van der Waals surface area contributed by atoms with E-state index in [0.29, 0.717) is 0 Å². The molecule has 0 amide bonds. The summed E-state index contributed by atoms with van der Waals surface area (Å²) >= 11 is 0. The van der Waals surface area contributed by atoms with Gasteiger partial charge in [0.25, 0.3) is 0 Å². The van der Waals surface area contributed by atoms with E-state index >= 15 is 0 Å². The molecule has 17 heavy (non-hydrogen) atoms. The normalized spacial score (nSPS) is 16.8. The minimum Gasteiger partial charge on any atom is -0.316 e. The maximum Gasteiger partial charge on any atom is -0.000812 e. The molecule has 1 aromatic carbocycles. The molecule has 0 aliphatic carbocycles. The van der Waals surface area contributed by atoms with E-state index in [1.165, 1.54) is 23.1 Å². The lowest BCUT2D eigenvalue weighted by molar-refractivity contribution is 0.647. The first kappa shape index (κ1) is 12.4. The van der Waals surface area contributed by atoms with E-state index in [0.717, 1.165) is 31.8 Å². The average molecular weight is 229 g/mol. The van der Waals surface area contributed by atoms with E-state index in [-0.39, 0.29) is 0 Å².